The lowest BCUT2D eigenvalue weighted by atomic mass is 9.93. The average molecular weight is 547 g/mol. The second kappa shape index (κ2) is 12.1. The molecule has 2 heterocycles. The van der Waals surface area contributed by atoms with Crippen molar-refractivity contribution in [1.82, 2.24) is 9.88 Å². The third-order valence-corrected chi connectivity index (χ3v) is 6.65. The molecule has 0 radical (unpaired) electrons. The highest BCUT2D eigenvalue weighted by Crippen LogP contribution is 2.46. The third kappa shape index (κ3) is 5.59. The number of carbonyl (C=O) groups is 2. The summed E-state index contributed by atoms with van der Waals surface area (Å²) in [7, 11) is 4.46. The number of hydrogen-bond donors (Lipinski definition) is 1. The first kappa shape index (κ1) is 28.5. The van der Waals surface area contributed by atoms with Gasteiger partial charge in [-0.3, -0.25) is 14.6 Å². The summed E-state index contributed by atoms with van der Waals surface area (Å²) < 4.78 is 22.4. The predicted molar refractivity (Wildman–Crippen MR) is 150 cm³/mol. The third-order valence-electron chi connectivity index (χ3n) is 6.65. The van der Waals surface area contributed by atoms with Crippen LogP contribution in [0.2, 0.25) is 0 Å². The number of aliphatic hydroxyl groups is 1. The van der Waals surface area contributed by atoms with Gasteiger partial charge in [0.15, 0.2) is 11.5 Å². The van der Waals surface area contributed by atoms with Crippen LogP contribution in [0.3, 0.4) is 0 Å². The van der Waals surface area contributed by atoms with Crippen LogP contribution in [0.15, 0.2) is 60.4 Å². The van der Waals surface area contributed by atoms with Crippen molar-refractivity contribution in [2.75, 3.05) is 27.9 Å². The molecule has 2 aromatic carbocycles. The van der Waals surface area contributed by atoms with Crippen LogP contribution < -0.4 is 18.9 Å². The number of benzene rings is 2. The summed E-state index contributed by atoms with van der Waals surface area (Å²) in [4.78, 5) is 32.6. The van der Waals surface area contributed by atoms with Crippen molar-refractivity contribution >= 4 is 17.4 Å². The zero-order valence-corrected chi connectivity index (χ0v) is 23.6. The number of Topliss-reactive ketones (excluding diaryl/α,β-unsaturated/α-hetero) is 1. The molecule has 40 heavy (non-hydrogen) atoms. The van der Waals surface area contributed by atoms with Gasteiger partial charge in [-0.05, 0) is 65.9 Å². The lowest BCUT2D eigenvalue weighted by molar-refractivity contribution is -0.140. The normalized spacial score (nSPS) is 16.4. The van der Waals surface area contributed by atoms with Crippen molar-refractivity contribution in [2.24, 2.45) is 5.92 Å². The van der Waals surface area contributed by atoms with E-state index in [1.165, 1.54) is 26.2 Å². The summed E-state index contributed by atoms with van der Waals surface area (Å²) in [5, 5.41) is 11.6. The first-order valence-corrected chi connectivity index (χ1v) is 12.9. The Balaban J connectivity index is 1.89. The number of nitrogens with zero attached hydrogens (tertiary/aromatic N) is 2. The lowest BCUT2D eigenvalue weighted by Gasteiger charge is -2.26. The highest BCUT2D eigenvalue weighted by Gasteiger charge is 2.46. The van der Waals surface area contributed by atoms with Gasteiger partial charge in [0.05, 0.1) is 39.6 Å². The number of rotatable bonds is 10. The predicted octanol–water partition coefficient (Wildman–Crippen LogP) is 5.07. The van der Waals surface area contributed by atoms with Crippen LogP contribution in [-0.4, -0.2) is 54.6 Å². The van der Waals surface area contributed by atoms with Crippen molar-refractivity contribution in [2.45, 2.75) is 33.4 Å². The van der Waals surface area contributed by atoms with Gasteiger partial charge in [0.1, 0.15) is 11.5 Å². The highest BCUT2D eigenvalue weighted by atomic mass is 16.5. The molecule has 9 heteroatoms. The molecular formula is C31H34N2O7. The SMILES string of the molecule is COc1cc([C@@H]2C(=C(O)c3ccc(OCC(C)C)cc3C)C(=O)C(=O)N2Cc2cccnc2)cc(OC)c1OC. The second-order valence-electron chi connectivity index (χ2n) is 9.93. The maximum Gasteiger partial charge on any atom is 0.295 e. The van der Waals surface area contributed by atoms with E-state index in [0.29, 0.717) is 52.2 Å². The number of hydrogen-bond acceptors (Lipinski definition) is 8. The Labute approximate surface area is 234 Å². The van der Waals surface area contributed by atoms with E-state index in [-0.39, 0.29) is 17.9 Å². The summed E-state index contributed by atoms with van der Waals surface area (Å²) in [5.74, 6) is 0.268. The number of aliphatic hydroxyl groups excluding tert-OH is 1. The van der Waals surface area contributed by atoms with E-state index in [1.807, 2.05) is 13.0 Å². The van der Waals surface area contributed by atoms with Crippen molar-refractivity contribution in [3.05, 3.63) is 82.7 Å². The molecule has 0 spiro atoms. The Bertz CT molecular complexity index is 1410. The molecule has 0 unspecified atom stereocenters. The minimum absolute atomic E-state index is 0.0397. The molecule has 0 bridgehead atoms. The van der Waals surface area contributed by atoms with E-state index >= 15 is 0 Å². The molecule has 3 aromatic rings. The topological polar surface area (TPSA) is 107 Å². The van der Waals surface area contributed by atoms with Crippen molar-refractivity contribution in [3.8, 4) is 23.0 Å². The summed E-state index contributed by atoms with van der Waals surface area (Å²) in [6.45, 7) is 6.57. The number of likely N-dealkylation sites (tertiary alicyclic amines) is 1. The number of pyridine rings is 1. The number of ketones is 1. The highest BCUT2D eigenvalue weighted by molar-refractivity contribution is 6.46. The Kier molecular flexibility index (Phi) is 8.62. The maximum absolute atomic E-state index is 13.6. The fourth-order valence-electron chi connectivity index (χ4n) is 4.74. The van der Waals surface area contributed by atoms with Gasteiger partial charge in [0, 0.05) is 24.5 Å². The fourth-order valence-corrected chi connectivity index (χ4v) is 4.74. The summed E-state index contributed by atoms with van der Waals surface area (Å²) in [5.41, 5.74) is 2.31. The molecule has 1 aliphatic heterocycles. The molecule has 1 atom stereocenters. The quantitative estimate of drug-likeness (QED) is 0.213. The van der Waals surface area contributed by atoms with Gasteiger partial charge in [-0.15, -0.1) is 0 Å². The van der Waals surface area contributed by atoms with Gasteiger partial charge in [0.2, 0.25) is 5.75 Å². The molecule has 1 amide bonds. The zero-order chi connectivity index (χ0) is 29.0. The van der Waals surface area contributed by atoms with Gasteiger partial charge in [0.25, 0.3) is 11.7 Å². The molecule has 4 rings (SSSR count). The van der Waals surface area contributed by atoms with E-state index < -0.39 is 17.7 Å². The minimum Gasteiger partial charge on any atom is -0.507 e. The molecular weight excluding hydrogens is 512 g/mol. The van der Waals surface area contributed by atoms with Gasteiger partial charge >= 0.3 is 0 Å². The van der Waals surface area contributed by atoms with E-state index in [4.69, 9.17) is 18.9 Å². The molecule has 1 fully saturated rings. The Morgan fingerprint density at radius 2 is 1.73 bits per heavy atom. The first-order valence-electron chi connectivity index (χ1n) is 12.9. The maximum atomic E-state index is 13.6. The van der Waals surface area contributed by atoms with Gasteiger partial charge in [-0.2, -0.15) is 0 Å². The standard InChI is InChI=1S/C31H34N2O7/c1-18(2)17-40-22-9-10-23(19(3)12-22)28(34)26-27(21-13-24(37-4)30(39-6)25(14-21)38-5)33(31(36)29(26)35)16-20-8-7-11-32-15-20/h7-15,18,27,34H,16-17H2,1-6H3/t27-/m1/s1. The molecule has 210 valence electrons. The van der Waals surface area contributed by atoms with Crippen molar-refractivity contribution < 1.29 is 33.6 Å². The monoisotopic (exact) mass is 546 g/mol. The number of aromatic nitrogens is 1. The fraction of sp³-hybridized carbons (Fsp3) is 0.323. The van der Waals surface area contributed by atoms with Crippen LogP contribution >= 0.6 is 0 Å². The first-order chi connectivity index (χ1) is 19.2. The molecule has 1 aromatic heterocycles. The van der Waals surface area contributed by atoms with Crippen LogP contribution in [0.4, 0.5) is 0 Å². The molecule has 0 aliphatic carbocycles. The van der Waals surface area contributed by atoms with Gasteiger partial charge in [-0.25, -0.2) is 0 Å². The largest absolute Gasteiger partial charge is 0.507 e. The van der Waals surface area contributed by atoms with E-state index in [1.54, 1.807) is 48.8 Å². The van der Waals surface area contributed by atoms with Crippen molar-refractivity contribution in [3.63, 3.8) is 0 Å². The Hall–Kier alpha value is -4.53. The van der Waals surface area contributed by atoms with Crippen LogP contribution in [0, 0.1) is 12.8 Å². The number of methoxy groups -OCH3 is 3. The van der Waals surface area contributed by atoms with Crippen LogP contribution in [-0.2, 0) is 16.1 Å². The van der Waals surface area contributed by atoms with Crippen LogP contribution in [0.5, 0.6) is 23.0 Å². The van der Waals surface area contributed by atoms with Crippen LogP contribution in [0.25, 0.3) is 5.76 Å². The van der Waals surface area contributed by atoms with E-state index in [2.05, 4.69) is 18.8 Å². The molecule has 0 saturated carbocycles. The number of ether oxygens (including phenoxy) is 4. The number of aryl methyl sites for hydroxylation is 1. The smallest absolute Gasteiger partial charge is 0.295 e. The number of amides is 1. The van der Waals surface area contributed by atoms with Gasteiger partial charge < -0.3 is 29.0 Å². The average Bonchev–Trinajstić information content (AvgIpc) is 3.20. The second-order valence-corrected chi connectivity index (χ2v) is 9.93. The molecule has 9 nitrogen and oxygen atoms in total. The van der Waals surface area contributed by atoms with E-state index in [9.17, 15) is 14.7 Å². The summed E-state index contributed by atoms with van der Waals surface area (Å²) in [6, 6.07) is 11.2. The molecule has 1 aliphatic rings. The van der Waals surface area contributed by atoms with Crippen molar-refractivity contribution in [1.29, 1.82) is 0 Å². The Morgan fingerprint density at radius 3 is 2.27 bits per heavy atom. The lowest BCUT2D eigenvalue weighted by Crippen LogP contribution is -2.29. The zero-order valence-electron chi connectivity index (χ0n) is 23.6. The van der Waals surface area contributed by atoms with Crippen LogP contribution in [0.1, 0.15) is 42.1 Å². The molecule has 1 saturated heterocycles. The Morgan fingerprint density at radius 1 is 1.02 bits per heavy atom. The summed E-state index contributed by atoms with van der Waals surface area (Å²) >= 11 is 0. The van der Waals surface area contributed by atoms with Gasteiger partial charge in [-0.1, -0.05) is 19.9 Å². The molecule has 1 N–H and O–H groups in total. The summed E-state index contributed by atoms with van der Waals surface area (Å²) in [6.07, 6.45) is 3.26. The minimum atomic E-state index is -0.940. The van der Waals surface area contributed by atoms with E-state index in [0.717, 1.165) is 5.56 Å². The number of carbonyl (C=O) groups excluding carboxylic acids is 2.